The number of fused-ring (bicyclic) bond motifs is 1. The third kappa shape index (κ3) is 3.99. The number of hydrogen-bond acceptors (Lipinski definition) is 4. The van der Waals surface area contributed by atoms with Gasteiger partial charge in [-0.3, -0.25) is 5.10 Å². The molecule has 0 bridgehead atoms. The molecule has 0 atom stereocenters. The number of aromatic nitrogens is 4. The van der Waals surface area contributed by atoms with Crippen LogP contribution >= 0.6 is 11.6 Å². The van der Waals surface area contributed by atoms with Gasteiger partial charge in [0.25, 0.3) is 0 Å². The lowest BCUT2D eigenvalue weighted by atomic mass is 10.1. The molecule has 0 aliphatic carbocycles. The Morgan fingerprint density at radius 1 is 1.04 bits per heavy atom. The van der Waals surface area contributed by atoms with Gasteiger partial charge in [0.1, 0.15) is 0 Å². The van der Waals surface area contributed by atoms with Gasteiger partial charge in [-0.05, 0) is 24.3 Å². The molecular weight excluding hydrogens is 310 g/mol. The molecule has 0 amide bonds. The van der Waals surface area contributed by atoms with E-state index in [1.54, 1.807) is 6.20 Å². The van der Waals surface area contributed by atoms with Crippen molar-refractivity contribution in [1.82, 2.24) is 20.4 Å². The lowest BCUT2D eigenvalue weighted by molar-refractivity contribution is 0.886. The molecule has 0 fully saturated rings. The Morgan fingerprint density at radius 3 is 2.35 bits per heavy atom. The molecule has 0 aliphatic rings. The molecule has 3 aromatic rings. The van der Waals surface area contributed by atoms with Crippen LogP contribution in [0.25, 0.3) is 22.2 Å². The average Bonchev–Trinajstić information content (AvgIpc) is 3.06. The molecule has 0 saturated carbocycles. The summed E-state index contributed by atoms with van der Waals surface area (Å²) >= 11 is 6.12. The number of anilines is 1. The van der Waals surface area contributed by atoms with E-state index >= 15 is 0 Å². The zero-order valence-electron chi connectivity index (χ0n) is 14.0. The van der Waals surface area contributed by atoms with Gasteiger partial charge in [0.05, 0.1) is 22.4 Å². The smallest absolute Gasteiger partial charge is 0.150 e. The molecule has 2 aromatic heterocycles. The largest absolute Gasteiger partial charge is 0.361 e. The minimum atomic E-state index is 0.672. The zero-order chi connectivity index (χ0) is 16.8. The van der Waals surface area contributed by atoms with Crippen LogP contribution in [0.15, 0.2) is 30.5 Å². The van der Waals surface area contributed by atoms with Gasteiger partial charge in [-0.25, -0.2) is 0 Å². The quantitative estimate of drug-likeness (QED) is 0.765. The minimum Gasteiger partial charge on any atom is -0.361 e. The van der Waals surface area contributed by atoms with E-state index in [9.17, 15) is 0 Å². The van der Waals surface area contributed by atoms with Gasteiger partial charge in [-0.15, -0.1) is 10.2 Å². The maximum absolute atomic E-state index is 6.12. The molecular formula is C17H22ClN5. The lowest BCUT2D eigenvalue weighted by Crippen LogP contribution is -2.11. The Kier molecular flexibility index (Phi) is 5.93. The number of hydrogen-bond donors (Lipinski definition) is 1. The number of halogens is 1. The molecule has 1 aromatic carbocycles. The first kappa shape index (κ1) is 17.2. The summed E-state index contributed by atoms with van der Waals surface area (Å²) in [4.78, 5) is 1.91. The van der Waals surface area contributed by atoms with Crippen molar-refractivity contribution in [3.05, 3.63) is 35.5 Å². The molecule has 1 N–H and O–H groups in total. The van der Waals surface area contributed by atoms with Crippen molar-refractivity contribution in [2.75, 3.05) is 19.0 Å². The fourth-order valence-corrected chi connectivity index (χ4v) is 2.13. The summed E-state index contributed by atoms with van der Waals surface area (Å²) in [6.45, 7) is 4.36. The molecule has 0 unspecified atom stereocenters. The van der Waals surface area contributed by atoms with E-state index in [4.69, 9.17) is 11.6 Å². The highest BCUT2D eigenvalue weighted by Crippen LogP contribution is 2.30. The molecule has 0 spiro atoms. The van der Waals surface area contributed by atoms with Crippen LogP contribution in [0.2, 0.25) is 5.02 Å². The van der Waals surface area contributed by atoms with Gasteiger partial charge < -0.3 is 4.90 Å². The van der Waals surface area contributed by atoms with Gasteiger partial charge in [-0.2, -0.15) is 5.10 Å². The molecule has 122 valence electrons. The normalized spacial score (nSPS) is 10.3. The van der Waals surface area contributed by atoms with Crippen LogP contribution in [0.3, 0.4) is 0 Å². The Balaban J connectivity index is 0.000000433. The Hall–Kier alpha value is -2.14. The summed E-state index contributed by atoms with van der Waals surface area (Å²) in [7, 11) is 3.86. The molecule has 0 radical (unpaired) electrons. The predicted octanol–water partition coefficient (Wildman–Crippen LogP) is 4.55. The summed E-state index contributed by atoms with van der Waals surface area (Å²) < 4.78 is 0. The zero-order valence-corrected chi connectivity index (χ0v) is 14.7. The first-order chi connectivity index (χ1) is 11.1. The number of nitrogens with zero attached hydrogens (tertiary/aromatic N) is 4. The van der Waals surface area contributed by atoms with Crippen LogP contribution in [0.1, 0.15) is 26.7 Å². The van der Waals surface area contributed by atoms with Crippen molar-refractivity contribution >= 4 is 28.3 Å². The van der Waals surface area contributed by atoms with Gasteiger partial charge in [0.15, 0.2) is 5.82 Å². The van der Waals surface area contributed by atoms with E-state index < -0.39 is 0 Å². The van der Waals surface area contributed by atoms with E-state index in [-0.39, 0.29) is 0 Å². The van der Waals surface area contributed by atoms with E-state index in [0.717, 1.165) is 28.0 Å². The Bertz CT molecular complexity index is 747. The van der Waals surface area contributed by atoms with Crippen LogP contribution in [0, 0.1) is 0 Å². The summed E-state index contributed by atoms with van der Waals surface area (Å²) in [6, 6.07) is 7.63. The van der Waals surface area contributed by atoms with Crippen molar-refractivity contribution in [2.45, 2.75) is 26.7 Å². The second kappa shape index (κ2) is 7.92. The summed E-state index contributed by atoms with van der Waals surface area (Å²) in [5, 5.41) is 17.0. The molecule has 6 heteroatoms. The van der Waals surface area contributed by atoms with Crippen LogP contribution < -0.4 is 4.90 Å². The summed E-state index contributed by atoms with van der Waals surface area (Å²) in [5.74, 6) is 0.818. The molecule has 23 heavy (non-hydrogen) atoms. The van der Waals surface area contributed by atoms with E-state index in [2.05, 4.69) is 34.2 Å². The van der Waals surface area contributed by atoms with Crippen LogP contribution in [-0.4, -0.2) is 34.5 Å². The SMILES string of the molecule is CCCC.CN(C)c1ccc(-c2ccc(Cl)c3cn[nH]c23)nn1. The number of rotatable bonds is 3. The van der Waals surface area contributed by atoms with Crippen molar-refractivity contribution in [1.29, 1.82) is 0 Å². The van der Waals surface area contributed by atoms with Gasteiger partial charge in [-0.1, -0.05) is 38.3 Å². The molecule has 0 saturated heterocycles. The van der Waals surface area contributed by atoms with Crippen molar-refractivity contribution in [3.63, 3.8) is 0 Å². The number of H-pyrrole nitrogens is 1. The van der Waals surface area contributed by atoms with E-state index in [0.29, 0.717) is 5.02 Å². The van der Waals surface area contributed by atoms with Gasteiger partial charge in [0, 0.05) is 25.0 Å². The van der Waals surface area contributed by atoms with Gasteiger partial charge >= 0.3 is 0 Å². The first-order valence-electron chi connectivity index (χ1n) is 7.71. The van der Waals surface area contributed by atoms with Gasteiger partial charge in [0.2, 0.25) is 0 Å². The van der Waals surface area contributed by atoms with Crippen molar-refractivity contribution in [3.8, 4) is 11.3 Å². The third-order valence-electron chi connectivity index (χ3n) is 3.45. The highest BCUT2D eigenvalue weighted by atomic mass is 35.5. The van der Waals surface area contributed by atoms with Crippen LogP contribution in [0.5, 0.6) is 0 Å². The van der Waals surface area contributed by atoms with E-state index in [1.165, 1.54) is 12.8 Å². The van der Waals surface area contributed by atoms with Crippen LogP contribution in [-0.2, 0) is 0 Å². The lowest BCUT2D eigenvalue weighted by Gasteiger charge is -2.10. The number of aromatic amines is 1. The maximum Gasteiger partial charge on any atom is 0.150 e. The summed E-state index contributed by atoms with van der Waals surface area (Å²) in [6.07, 6.45) is 4.35. The molecule has 5 nitrogen and oxygen atoms in total. The fraction of sp³-hybridized carbons (Fsp3) is 0.353. The average molecular weight is 332 g/mol. The van der Waals surface area contributed by atoms with Crippen LogP contribution in [0.4, 0.5) is 5.82 Å². The standard InChI is InChI=1S/C13H12ClN5.C4H10/c1-19(2)12-6-5-11(16-17-12)8-3-4-10(14)9-7-15-18-13(8)9;1-3-4-2/h3-7H,1-2H3,(H,15,18);3-4H2,1-2H3. The van der Waals surface area contributed by atoms with Crippen molar-refractivity contribution < 1.29 is 0 Å². The second-order valence-corrected chi connectivity index (χ2v) is 5.83. The summed E-state index contributed by atoms with van der Waals surface area (Å²) in [5.41, 5.74) is 2.60. The Labute approximate surface area is 141 Å². The molecule has 0 aliphatic heterocycles. The second-order valence-electron chi connectivity index (χ2n) is 5.42. The number of benzene rings is 1. The van der Waals surface area contributed by atoms with Crippen molar-refractivity contribution in [2.24, 2.45) is 0 Å². The third-order valence-corrected chi connectivity index (χ3v) is 3.78. The molecule has 3 rings (SSSR count). The minimum absolute atomic E-state index is 0.672. The predicted molar refractivity (Wildman–Crippen MR) is 97.0 cm³/mol. The number of nitrogens with one attached hydrogen (secondary N) is 1. The monoisotopic (exact) mass is 331 g/mol. The highest BCUT2D eigenvalue weighted by Gasteiger charge is 2.10. The van der Waals surface area contributed by atoms with E-state index in [1.807, 2.05) is 43.3 Å². The maximum atomic E-state index is 6.12. The molecule has 2 heterocycles. The first-order valence-corrected chi connectivity index (χ1v) is 8.09. The highest BCUT2D eigenvalue weighted by molar-refractivity contribution is 6.35. The number of unbranched alkanes of at least 4 members (excludes halogenated alkanes) is 1. The fourth-order valence-electron chi connectivity index (χ4n) is 1.92. The Morgan fingerprint density at radius 2 is 1.78 bits per heavy atom. The topological polar surface area (TPSA) is 57.7 Å².